The molecule has 108 valence electrons. The van der Waals surface area contributed by atoms with E-state index >= 15 is 0 Å². The van der Waals surface area contributed by atoms with E-state index in [2.05, 4.69) is 30.4 Å². The topological polar surface area (TPSA) is 12.0 Å². The number of hydrogen-bond acceptors (Lipinski definition) is 2. The van der Waals surface area contributed by atoms with Gasteiger partial charge in [-0.2, -0.15) is 0 Å². The van der Waals surface area contributed by atoms with Gasteiger partial charge in [-0.15, -0.1) is 11.3 Å². The minimum absolute atomic E-state index is 0.227. The molecule has 0 radical (unpaired) electrons. The van der Waals surface area contributed by atoms with E-state index in [4.69, 9.17) is 23.2 Å². The molecule has 2 aromatic carbocycles. The predicted molar refractivity (Wildman–Crippen MR) is 93.5 cm³/mol. The van der Waals surface area contributed by atoms with Crippen LogP contribution in [0.15, 0.2) is 48.5 Å². The van der Waals surface area contributed by atoms with Gasteiger partial charge in [0.1, 0.15) is 0 Å². The molecule has 3 rings (SSSR count). The molecule has 1 nitrogen and oxygen atoms in total. The van der Waals surface area contributed by atoms with Crippen LogP contribution >= 0.6 is 34.5 Å². The van der Waals surface area contributed by atoms with Crippen LogP contribution < -0.4 is 5.32 Å². The first-order valence-electron chi connectivity index (χ1n) is 6.80. The average molecular weight is 336 g/mol. The van der Waals surface area contributed by atoms with Crippen molar-refractivity contribution >= 4 is 44.6 Å². The molecule has 1 heterocycles. The third kappa shape index (κ3) is 3.24. The van der Waals surface area contributed by atoms with Gasteiger partial charge in [-0.25, -0.2) is 0 Å². The van der Waals surface area contributed by atoms with Gasteiger partial charge in [0, 0.05) is 32.6 Å². The number of rotatable bonds is 4. The monoisotopic (exact) mass is 335 g/mol. The van der Waals surface area contributed by atoms with Gasteiger partial charge in [0.25, 0.3) is 0 Å². The lowest BCUT2D eigenvalue weighted by Gasteiger charge is -2.14. The second-order valence-electron chi connectivity index (χ2n) is 4.99. The standard InChI is InChI=1S/C17H15Cl2NS/c1-11(12-5-4-6-13(18)9-12)20-10-16-17(19)14-7-2-3-8-15(14)21-16/h2-9,11,20H,10H2,1H3/t11-/m0/s1. The van der Waals surface area contributed by atoms with Gasteiger partial charge in [0.15, 0.2) is 0 Å². The number of nitrogens with one attached hydrogen (secondary N) is 1. The molecule has 0 saturated heterocycles. The summed E-state index contributed by atoms with van der Waals surface area (Å²) in [6.07, 6.45) is 0. The predicted octanol–water partition coefficient (Wildman–Crippen LogP) is 6.06. The molecule has 0 aliphatic carbocycles. The maximum atomic E-state index is 6.46. The summed E-state index contributed by atoms with van der Waals surface area (Å²) in [5.41, 5.74) is 1.18. The van der Waals surface area contributed by atoms with E-state index in [0.717, 1.165) is 22.0 Å². The lowest BCUT2D eigenvalue weighted by molar-refractivity contribution is 0.579. The summed E-state index contributed by atoms with van der Waals surface area (Å²) in [5, 5.41) is 6.27. The first-order chi connectivity index (χ1) is 10.1. The molecule has 0 saturated carbocycles. The molecule has 1 N–H and O–H groups in total. The highest BCUT2D eigenvalue weighted by molar-refractivity contribution is 7.19. The highest BCUT2D eigenvalue weighted by Gasteiger charge is 2.11. The molecule has 1 aromatic heterocycles. The van der Waals surface area contributed by atoms with Crippen LogP contribution in [0.2, 0.25) is 10.0 Å². The van der Waals surface area contributed by atoms with E-state index < -0.39 is 0 Å². The summed E-state index contributed by atoms with van der Waals surface area (Å²) in [7, 11) is 0. The summed E-state index contributed by atoms with van der Waals surface area (Å²) >= 11 is 14.2. The molecule has 3 aromatic rings. The Kier molecular flexibility index (Phi) is 4.51. The molecule has 0 amide bonds. The number of benzene rings is 2. The normalized spacial score (nSPS) is 12.7. The zero-order valence-electron chi connectivity index (χ0n) is 11.6. The van der Waals surface area contributed by atoms with E-state index in [1.807, 2.05) is 30.3 Å². The van der Waals surface area contributed by atoms with Crippen molar-refractivity contribution in [2.75, 3.05) is 0 Å². The van der Waals surface area contributed by atoms with Crippen molar-refractivity contribution in [2.24, 2.45) is 0 Å². The van der Waals surface area contributed by atoms with E-state index in [-0.39, 0.29) is 6.04 Å². The number of hydrogen-bond donors (Lipinski definition) is 1. The van der Waals surface area contributed by atoms with Crippen molar-refractivity contribution < 1.29 is 0 Å². The number of halogens is 2. The Bertz CT molecular complexity index is 766. The summed E-state index contributed by atoms with van der Waals surface area (Å²) in [6.45, 7) is 2.89. The molecular formula is C17H15Cl2NS. The van der Waals surface area contributed by atoms with Crippen molar-refractivity contribution in [2.45, 2.75) is 19.5 Å². The van der Waals surface area contributed by atoms with Crippen molar-refractivity contribution in [3.05, 3.63) is 69.0 Å². The molecule has 4 heteroatoms. The molecule has 0 fully saturated rings. The van der Waals surface area contributed by atoms with Crippen molar-refractivity contribution in [1.29, 1.82) is 0 Å². The zero-order valence-corrected chi connectivity index (χ0v) is 13.9. The lowest BCUT2D eigenvalue weighted by Crippen LogP contribution is -2.17. The van der Waals surface area contributed by atoms with Crippen LogP contribution in [0.25, 0.3) is 10.1 Å². The summed E-state index contributed by atoms with van der Waals surface area (Å²) in [4.78, 5) is 1.17. The lowest BCUT2D eigenvalue weighted by atomic mass is 10.1. The van der Waals surface area contributed by atoms with E-state index in [1.165, 1.54) is 15.1 Å². The first-order valence-corrected chi connectivity index (χ1v) is 8.37. The van der Waals surface area contributed by atoms with Gasteiger partial charge in [0.05, 0.1) is 5.02 Å². The van der Waals surface area contributed by atoms with Crippen LogP contribution in [0.3, 0.4) is 0 Å². The number of fused-ring (bicyclic) bond motifs is 1. The molecule has 1 atom stereocenters. The van der Waals surface area contributed by atoms with Gasteiger partial charge in [-0.3, -0.25) is 0 Å². The molecule has 0 aliphatic heterocycles. The van der Waals surface area contributed by atoms with Gasteiger partial charge in [0.2, 0.25) is 0 Å². The molecule has 0 unspecified atom stereocenters. The summed E-state index contributed by atoms with van der Waals surface area (Å²) in [5.74, 6) is 0. The van der Waals surface area contributed by atoms with Crippen molar-refractivity contribution in [3.63, 3.8) is 0 Å². The van der Waals surface area contributed by atoms with Gasteiger partial charge in [-0.1, -0.05) is 53.5 Å². The highest BCUT2D eigenvalue weighted by Crippen LogP contribution is 2.35. The fourth-order valence-corrected chi connectivity index (χ4v) is 3.97. The second-order valence-corrected chi connectivity index (χ2v) is 6.94. The van der Waals surface area contributed by atoms with Crippen LogP contribution in [0.5, 0.6) is 0 Å². The Morgan fingerprint density at radius 1 is 1.10 bits per heavy atom. The minimum atomic E-state index is 0.227. The van der Waals surface area contributed by atoms with Crippen LogP contribution in [-0.4, -0.2) is 0 Å². The highest BCUT2D eigenvalue weighted by atomic mass is 35.5. The third-order valence-electron chi connectivity index (χ3n) is 3.52. The molecular weight excluding hydrogens is 321 g/mol. The maximum absolute atomic E-state index is 6.46. The Hall–Kier alpha value is -1.06. The average Bonchev–Trinajstić information content (AvgIpc) is 2.82. The van der Waals surface area contributed by atoms with Gasteiger partial charge in [-0.05, 0) is 30.7 Å². The van der Waals surface area contributed by atoms with Crippen LogP contribution in [0.1, 0.15) is 23.4 Å². The van der Waals surface area contributed by atoms with Gasteiger partial charge >= 0.3 is 0 Å². The number of thiophene rings is 1. The molecule has 0 bridgehead atoms. The van der Waals surface area contributed by atoms with Gasteiger partial charge < -0.3 is 5.32 Å². The fourth-order valence-electron chi connectivity index (χ4n) is 2.32. The largest absolute Gasteiger partial charge is 0.305 e. The third-order valence-corrected chi connectivity index (χ3v) is 5.47. The van der Waals surface area contributed by atoms with Crippen molar-refractivity contribution in [3.8, 4) is 0 Å². The van der Waals surface area contributed by atoms with E-state index in [9.17, 15) is 0 Å². The SMILES string of the molecule is C[C@H](NCc1sc2ccccc2c1Cl)c1cccc(Cl)c1. The smallest absolute Gasteiger partial charge is 0.0636 e. The first kappa shape index (κ1) is 14.9. The molecule has 0 spiro atoms. The second kappa shape index (κ2) is 6.37. The molecule has 21 heavy (non-hydrogen) atoms. The Morgan fingerprint density at radius 3 is 2.67 bits per heavy atom. The zero-order chi connectivity index (χ0) is 14.8. The maximum Gasteiger partial charge on any atom is 0.0636 e. The molecule has 0 aliphatic rings. The van der Waals surface area contributed by atoms with Crippen LogP contribution in [0.4, 0.5) is 0 Å². The Labute approximate surface area is 138 Å². The summed E-state index contributed by atoms with van der Waals surface area (Å²) < 4.78 is 1.23. The summed E-state index contributed by atoms with van der Waals surface area (Å²) in [6, 6.07) is 16.4. The Balaban J connectivity index is 1.75. The Morgan fingerprint density at radius 2 is 1.90 bits per heavy atom. The van der Waals surface area contributed by atoms with E-state index in [1.54, 1.807) is 11.3 Å². The van der Waals surface area contributed by atoms with E-state index in [0.29, 0.717) is 0 Å². The van der Waals surface area contributed by atoms with Crippen LogP contribution in [0, 0.1) is 0 Å². The quantitative estimate of drug-likeness (QED) is 0.611. The fraction of sp³-hybridized carbons (Fsp3) is 0.176. The minimum Gasteiger partial charge on any atom is -0.305 e. The van der Waals surface area contributed by atoms with Crippen molar-refractivity contribution in [1.82, 2.24) is 5.32 Å². The van der Waals surface area contributed by atoms with Crippen LogP contribution in [-0.2, 0) is 6.54 Å².